The molecule has 3 heterocycles. The zero-order chi connectivity index (χ0) is 37.5. The Labute approximate surface area is 329 Å². The SMILES string of the molecule is c1ccc(-c2ccc(-c3ccc(-n4c5ccccc5c5cccc(-n6c7ccccc7c7cc(-n8c9ccccc9c9ccccc98)ccc76)c54)cc3)cc2)cc1. The summed E-state index contributed by atoms with van der Waals surface area (Å²) in [6.07, 6.45) is 0. The maximum atomic E-state index is 2.47. The largest absolute Gasteiger partial charge is 0.309 e. The second-order valence-corrected chi connectivity index (χ2v) is 14.9. The quantitative estimate of drug-likeness (QED) is 0.168. The fraction of sp³-hybridized carbons (Fsp3) is 0. The van der Waals surface area contributed by atoms with Crippen molar-refractivity contribution in [2.45, 2.75) is 0 Å². The van der Waals surface area contributed by atoms with E-state index in [1.807, 2.05) is 0 Å². The summed E-state index contributed by atoms with van der Waals surface area (Å²) in [6, 6.07) is 77.4. The second-order valence-electron chi connectivity index (χ2n) is 14.9. The van der Waals surface area contributed by atoms with Crippen LogP contribution in [0.3, 0.4) is 0 Å². The summed E-state index contributed by atoms with van der Waals surface area (Å²) in [5, 5.41) is 7.47. The number of benzene rings is 9. The van der Waals surface area contributed by atoms with Crippen LogP contribution in [0.5, 0.6) is 0 Å². The molecule has 0 amide bonds. The van der Waals surface area contributed by atoms with Crippen molar-refractivity contribution in [2.24, 2.45) is 0 Å². The molecule has 0 aliphatic heterocycles. The lowest BCUT2D eigenvalue weighted by molar-refractivity contribution is 1.13. The highest BCUT2D eigenvalue weighted by Gasteiger charge is 2.21. The second kappa shape index (κ2) is 12.5. The molecule has 3 nitrogen and oxygen atoms in total. The Hall–Kier alpha value is -7.62. The lowest BCUT2D eigenvalue weighted by Gasteiger charge is -2.15. The lowest BCUT2D eigenvalue weighted by Crippen LogP contribution is -2.01. The van der Waals surface area contributed by atoms with Gasteiger partial charge in [0.1, 0.15) is 0 Å². The van der Waals surface area contributed by atoms with Crippen molar-refractivity contribution in [2.75, 3.05) is 0 Å². The summed E-state index contributed by atoms with van der Waals surface area (Å²) in [5.41, 5.74) is 15.5. The Bertz CT molecular complexity index is 3440. The first kappa shape index (κ1) is 31.7. The molecule has 0 aliphatic rings. The number of hydrogen-bond donors (Lipinski definition) is 0. The summed E-state index contributed by atoms with van der Waals surface area (Å²) in [6.45, 7) is 0. The van der Waals surface area contributed by atoms with E-state index in [4.69, 9.17) is 0 Å². The molecule has 12 aromatic rings. The van der Waals surface area contributed by atoms with Crippen LogP contribution >= 0.6 is 0 Å². The van der Waals surface area contributed by atoms with Crippen molar-refractivity contribution in [1.82, 2.24) is 13.7 Å². The normalized spacial score (nSPS) is 11.9. The van der Waals surface area contributed by atoms with Gasteiger partial charge in [-0.05, 0) is 82.9 Å². The Morgan fingerprint density at radius 3 is 1.23 bits per heavy atom. The first-order chi connectivity index (χ1) is 28.3. The summed E-state index contributed by atoms with van der Waals surface area (Å²) in [4.78, 5) is 0. The van der Waals surface area contributed by atoms with Gasteiger partial charge in [0, 0.05) is 43.7 Å². The molecular formula is C54H35N3. The van der Waals surface area contributed by atoms with E-state index in [1.54, 1.807) is 0 Å². The zero-order valence-electron chi connectivity index (χ0n) is 31.0. The highest BCUT2D eigenvalue weighted by atomic mass is 15.1. The van der Waals surface area contributed by atoms with Crippen molar-refractivity contribution in [3.8, 4) is 39.3 Å². The molecule has 0 aliphatic carbocycles. The van der Waals surface area contributed by atoms with Gasteiger partial charge < -0.3 is 13.7 Å². The van der Waals surface area contributed by atoms with Crippen LogP contribution in [0.4, 0.5) is 0 Å². The van der Waals surface area contributed by atoms with Crippen molar-refractivity contribution in [3.05, 3.63) is 212 Å². The maximum absolute atomic E-state index is 2.47. The van der Waals surface area contributed by atoms with Gasteiger partial charge >= 0.3 is 0 Å². The zero-order valence-corrected chi connectivity index (χ0v) is 31.0. The average Bonchev–Trinajstić information content (AvgIpc) is 3.93. The molecule has 0 bridgehead atoms. The summed E-state index contributed by atoms with van der Waals surface area (Å²) < 4.78 is 7.34. The highest BCUT2D eigenvalue weighted by molar-refractivity contribution is 6.16. The molecule has 0 radical (unpaired) electrons. The topological polar surface area (TPSA) is 14.8 Å². The first-order valence-corrected chi connectivity index (χ1v) is 19.6. The van der Waals surface area contributed by atoms with E-state index in [1.165, 1.54) is 87.7 Å². The molecular weight excluding hydrogens is 691 g/mol. The standard InChI is InChI=1S/C54H35N3/c1-2-13-36(14-3-1)37-25-27-38(28-26-37)39-29-31-40(32-30-39)56-50-22-10-6-17-44(50)46-19-12-24-53(54(46)56)57-51-23-11-7-18-45(51)47-35-41(33-34-52(47)57)55-48-20-8-4-15-42(48)43-16-5-9-21-49(43)55/h1-35H. The summed E-state index contributed by atoms with van der Waals surface area (Å²) in [5.74, 6) is 0. The maximum Gasteiger partial charge on any atom is 0.0782 e. The van der Waals surface area contributed by atoms with Crippen LogP contribution in [0.1, 0.15) is 0 Å². The highest BCUT2D eigenvalue weighted by Crippen LogP contribution is 2.41. The third kappa shape index (κ3) is 4.79. The minimum Gasteiger partial charge on any atom is -0.309 e. The molecule has 0 N–H and O–H groups in total. The van der Waals surface area contributed by atoms with Crippen LogP contribution in [-0.2, 0) is 0 Å². The van der Waals surface area contributed by atoms with Gasteiger partial charge in [-0.3, -0.25) is 0 Å². The van der Waals surface area contributed by atoms with Crippen molar-refractivity contribution >= 4 is 65.4 Å². The Morgan fingerprint density at radius 2 is 0.632 bits per heavy atom. The lowest BCUT2D eigenvalue weighted by atomic mass is 10.0. The van der Waals surface area contributed by atoms with Crippen molar-refractivity contribution in [1.29, 1.82) is 0 Å². The van der Waals surface area contributed by atoms with E-state index in [0.717, 1.165) is 17.1 Å². The number of nitrogens with zero attached hydrogens (tertiary/aromatic N) is 3. The van der Waals surface area contributed by atoms with E-state index in [9.17, 15) is 0 Å². The van der Waals surface area contributed by atoms with Gasteiger partial charge in [0.15, 0.2) is 0 Å². The molecule has 0 unspecified atom stereocenters. The van der Waals surface area contributed by atoms with Gasteiger partial charge in [-0.2, -0.15) is 0 Å². The molecule has 266 valence electrons. The number of fused-ring (bicyclic) bond motifs is 9. The van der Waals surface area contributed by atoms with Crippen LogP contribution in [0.15, 0.2) is 212 Å². The molecule has 0 spiro atoms. The smallest absolute Gasteiger partial charge is 0.0782 e. The number of hydrogen-bond acceptors (Lipinski definition) is 0. The predicted molar refractivity (Wildman–Crippen MR) is 240 cm³/mol. The van der Waals surface area contributed by atoms with Gasteiger partial charge in [-0.1, -0.05) is 152 Å². The third-order valence-electron chi connectivity index (χ3n) is 11.9. The monoisotopic (exact) mass is 725 g/mol. The predicted octanol–water partition coefficient (Wildman–Crippen LogP) is 14.3. The minimum absolute atomic E-state index is 1.13. The molecule has 3 heteroatoms. The number of para-hydroxylation sites is 5. The summed E-state index contributed by atoms with van der Waals surface area (Å²) in [7, 11) is 0. The van der Waals surface area contributed by atoms with Gasteiger partial charge in [0.05, 0.1) is 38.8 Å². The Morgan fingerprint density at radius 1 is 0.228 bits per heavy atom. The van der Waals surface area contributed by atoms with E-state index in [2.05, 4.69) is 226 Å². The first-order valence-electron chi connectivity index (χ1n) is 19.6. The Balaban J connectivity index is 1.05. The fourth-order valence-corrected chi connectivity index (χ4v) is 9.30. The van der Waals surface area contributed by atoms with Gasteiger partial charge in [-0.15, -0.1) is 0 Å². The molecule has 9 aromatic carbocycles. The molecule has 0 atom stereocenters. The van der Waals surface area contributed by atoms with Crippen molar-refractivity contribution < 1.29 is 0 Å². The van der Waals surface area contributed by atoms with Crippen LogP contribution in [0, 0.1) is 0 Å². The van der Waals surface area contributed by atoms with Gasteiger partial charge in [-0.25, -0.2) is 0 Å². The minimum atomic E-state index is 1.13. The average molecular weight is 726 g/mol. The Kier molecular flexibility index (Phi) is 6.93. The van der Waals surface area contributed by atoms with E-state index >= 15 is 0 Å². The molecule has 0 saturated heterocycles. The van der Waals surface area contributed by atoms with Crippen LogP contribution in [0.2, 0.25) is 0 Å². The fourth-order valence-electron chi connectivity index (χ4n) is 9.30. The van der Waals surface area contributed by atoms with Crippen molar-refractivity contribution in [3.63, 3.8) is 0 Å². The van der Waals surface area contributed by atoms with Gasteiger partial charge in [0.2, 0.25) is 0 Å². The number of aromatic nitrogens is 3. The van der Waals surface area contributed by atoms with Crippen LogP contribution in [0.25, 0.3) is 105 Å². The number of rotatable bonds is 5. The van der Waals surface area contributed by atoms with E-state index in [-0.39, 0.29) is 0 Å². The summed E-state index contributed by atoms with van der Waals surface area (Å²) >= 11 is 0. The molecule has 0 saturated carbocycles. The third-order valence-corrected chi connectivity index (χ3v) is 11.9. The molecule has 12 rings (SSSR count). The van der Waals surface area contributed by atoms with Crippen LogP contribution in [-0.4, -0.2) is 13.7 Å². The molecule has 57 heavy (non-hydrogen) atoms. The van der Waals surface area contributed by atoms with Crippen LogP contribution < -0.4 is 0 Å². The van der Waals surface area contributed by atoms with Gasteiger partial charge in [0.25, 0.3) is 0 Å². The van der Waals surface area contributed by atoms with E-state index in [0.29, 0.717) is 0 Å². The van der Waals surface area contributed by atoms with E-state index < -0.39 is 0 Å². The molecule has 0 fully saturated rings. The molecule has 3 aromatic heterocycles.